The van der Waals surface area contributed by atoms with Crippen LogP contribution in [0, 0.1) is 17.6 Å². The van der Waals surface area contributed by atoms with Gasteiger partial charge in [0.2, 0.25) is 5.91 Å². The van der Waals surface area contributed by atoms with Crippen LogP contribution >= 0.6 is 0 Å². The first-order valence-corrected chi connectivity index (χ1v) is 14.1. The maximum absolute atomic E-state index is 14.8. The number of carboxylic acid groups (broad SMARTS) is 1. The van der Waals surface area contributed by atoms with Crippen molar-refractivity contribution < 1.29 is 23.5 Å². The molecular formula is C31H39F2N3O3. The summed E-state index contributed by atoms with van der Waals surface area (Å²) in [5, 5.41) is 10.0. The van der Waals surface area contributed by atoms with Gasteiger partial charge in [-0.1, -0.05) is 30.3 Å². The Bertz CT molecular complexity index is 1200. The average Bonchev–Trinajstić information content (AvgIpc) is 3.64. The number of hydrogen-bond donors (Lipinski definition) is 1. The summed E-state index contributed by atoms with van der Waals surface area (Å²) in [6.07, 6.45) is 2.88. The highest BCUT2D eigenvalue weighted by atomic mass is 19.1. The van der Waals surface area contributed by atoms with Crippen LogP contribution in [-0.2, 0) is 16.0 Å². The molecule has 0 bridgehead atoms. The first kappa shape index (κ1) is 27.7. The summed E-state index contributed by atoms with van der Waals surface area (Å²) in [4.78, 5) is 31.9. The molecule has 3 fully saturated rings. The number of rotatable bonds is 7. The fourth-order valence-corrected chi connectivity index (χ4v) is 6.15. The first-order valence-electron chi connectivity index (χ1n) is 14.1. The highest BCUT2D eigenvalue weighted by Gasteiger charge is 2.45. The fraction of sp³-hybridized carbons (Fsp3) is 0.548. The highest BCUT2D eigenvalue weighted by molar-refractivity contribution is 5.81. The Kier molecular flexibility index (Phi) is 7.80. The van der Waals surface area contributed by atoms with Gasteiger partial charge in [0.1, 0.15) is 17.7 Å². The largest absolute Gasteiger partial charge is 0.480 e. The number of benzene rings is 2. The van der Waals surface area contributed by atoms with E-state index < -0.39 is 29.6 Å². The van der Waals surface area contributed by atoms with Gasteiger partial charge in [0.15, 0.2) is 0 Å². The molecule has 0 radical (unpaired) electrons. The van der Waals surface area contributed by atoms with Gasteiger partial charge in [0.05, 0.1) is 5.92 Å². The summed E-state index contributed by atoms with van der Waals surface area (Å²) in [5.41, 5.74) is 2.50. The lowest BCUT2D eigenvalue weighted by atomic mass is 9.87. The van der Waals surface area contributed by atoms with Crippen LogP contribution in [0.2, 0.25) is 0 Å². The van der Waals surface area contributed by atoms with E-state index in [0.29, 0.717) is 57.2 Å². The van der Waals surface area contributed by atoms with Crippen molar-refractivity contribution in [2.75, 3.05) is 39.3 Å². The lowest BCUT2D eigenvalue weighted by Crippen LogP contribution is -2.56. The quantitative estimate of drug-likeness (QED) is 0.562. The van der Waals surface area contributed by atoms with Crippen LogP contribution in [0.4, 0.5) is 8.78 Å². The zero-order chi connectivity index (χ0) is 27.9. The molecule has 2 saturated heterocycles. The van der Waals surface area contributed by atoms with E-state index in [0.717, 1.165) is 11.6 Å². The molecule has 2 aliphatic heterocycles. The predicted molar refractivity (Wildman–Crippen MR) is 146 cm³/mol. The van der Waals surface area contributed by atoms with E-state index in [1.807, 2.05) is 17.0 Å². The molecule has 1 aliphatic carbocycles. The number of carboxylic acids is 1. The molecule has 2 aromatic carbocycles. The number of carbonyl (C=O) groups is 2. The van der Waals surface area contributed by atoms with Crippen LogP contribution in [0.15, 0.2) is 42.5 Å². The maximum atomic E-state index is 14.8. The van der Waals surface area contributed by atoms with Crippen LogP contribution in [0.1, 0.15) is 62.1 Å². The van der Waals surface area contributed by atoms with E-state index >= 15 is 0 Å². The van der Waals surface area contributed by atoms with Gasteiger partial charge in [0, 0.05) is 56.8 Å². The van der Waals surface area contributed by atoms with Crippen molar-refractivity contribution in [2.24, 2.45) is 5.92 Å². The van der Waals surface area contributed by atoms with Crippen LogP contribution in [0.25, 0.3) is 0 Å². The van der Waals surface area contributed by atoms with Gasteiger partial charge in [-0.15, -0.1) is 0 Å². The number of nitrogens with zero attached hydrogens (tertiary/aromatic N) is 3. The molecule has 6 nitrogen and oxygen atoms in total. The van der Waals surface area contributed by atoms with Gasteiger partial charge >= 0.3 is 5.97 Å². The van der Waals surface area contributed by atoms with Gasteiger partial charge in [0.25, 0.3) is 0 Å². The summed E-state index contributed by atoms with van der Waals surface area (Å²) in [6, 6.07) is 11.3. The molecule has 1 saturated carbocycles. The second kappa shape index (κ2) is 11.0. The molecule has 8 heteroatoms. The molecule has 0 unspecified atom stereocenters. The highest BCUT2D eigenvalue weighted by Crippen LogP contribution is 2.40. The van der Waals surface area contributed by atoms with Gasteiger partial charge in [-0.2, -0.15) is 0 Å². The lowest BCUT2D eigenvalue weighted by molar-refractivity contribution is -0.145. The van der Waals surface area contributed by atoms with Gasteiger partial charge in [-0.05, 0) is 68.7 Å². The molecule has 210 valence electrons. The number of amides is 1. The van der Waals surface area contributed by atoms with E-state index in [-0.39, 0.29) is 17.4 Å². The number of aliphatic carboxylic acids is 1. The summed E-state index contributed by atoms with van der Waals surface area (Å²) >= 11 is 0. The molecule has 1 N–H and O–H groups in total. The second-order valence-electron chi connectivity index (χ2n) is 12.4. The Morgan fingerprint density at radius 3 is 2.21 bits per heavy atom. The topological polar surface area (TPSA) is 64.1 Å². The van der Waals surface area contributed by atoms with Gasteiger partial charge in [-0.3, -0.25) is 19.4 Å². The molecule has 2 heterocycles. The fourth-order valence-electron chi connectivity index (χ4n) is 6.15. The molecule has 0 spiro atoms. The summed E-state index contributed by atoms with van der Waals surface area (Å²) < 4.78 is 28.4. The van der Waals surface area contributed by atoms with Crippen molar-refractivity contribution in [1.29, 1.82) is 0 Å². The van der Waals surface area contributed by atoms with E-state index in [1.165, 1.54) is 30.5 Å². The molecule has 3 aliphatic rings. The Morgan fingerprint density at radius 2 is 1.64 bits per heavy atom. The van der Waals surface area contributed by atoms with Crippen molar-refractivity contribution >= 4 is 11.9 Å². The van der Waals surface area contributed by atoms with Crippen molar-refractivity contribution in [3.8, 4) is 0 Å². The molecule has 39 heavy (non-hydrogen) atoms. The Hall–Kier alpha value is -2.84. The smallest absolute Gasteiger partial charge is 0.321 e. The third-order valence-corrected chi connectivity index (χ3v) is 8.76. The standard InChI is InChI=1S/C31H39F2N3O3/c1-31(2,3)36-18-25(24-11-10-23(32)17-27(24)33)26(19-36)29(37)35-14-12-34(13-15-35)28(30(38)39)16-20-4-6-21(7-5-20)22-8-9-22/h4-7,10-11,17,22,25-26,28H,8-9,12-16,18-19H2,1-3H3,(H,38,39)/t25-,26+,28-/m0/s1. The van der Waals surface area contributed by atoms with Crippen LogP contribution in [0.5, 0.6) is 0 Å². The van der Waals surface area contributed by atoms with Gasteiger partial charge < -0.3 is 10.0 Å². The zero-order valence-electron chi connectivity index (χ0n) is 23.1. The Morgan fingerprint density at radius 1 is 0.974 bits per heavy atom. The number of piperazine rings is 1. The number of halogens is 2. The average molecular weight is 540 g/mol. The Labute approximate surface area is 229 Å². The SMILES string of the molecule is CC(C)(C)N1C[C@@H](C(=O)N2CCN([C@@H](Cc3ccc(C4CC4)cc3)C(=O)O)CC2)[C@H](c2ccc(F)cc2F)C1. The minimum absolute atomic E-state index is 0.0438. The molecule has 3 atom stereocenters. The molecule has 0 aromatic heterocycles. The monoisotopic (exact) mass is 539 g/mol. The van der Waals surface area contributed by atoms with Gasteiger partial charge in [-0.25, -0.2) is 8.78 Å². The van der Waals surface area contributed by atoms with Crippen LogP contribution in [0.3, 0.4) is 0 Å². The van der Waals surface area contributed by atoms with Crippen molar-refractivity contribution in [3.05, 3.63) is 70.8 Å². The lowest BCUT2D eigenvalue weighted by Gasteiger charge is -2.39. The molecular weight excluding hydrogens is 500 g/mol. The van der Waals surface area contributed by atoms with Crippen molar-refractivity contribution in [1.82, 2.24) is 14.7 Å². The minimum atomic E-state index is -0.857. The second-order valence-corrected chi connectivity index (χ2v) is 12.4. The number of likely N-dealkylation sites (tertiary alicyclic amines) is 1. The third kappa shape index (κ3) is 6.17. The molecule has 5 rings (SSSR count). The van der Waals surface area contributed by atoms with E-state index in [9.17, 15) is 23.5 Å². The Balaban J connectivity index is 1.26. The molecule has 2 aromatic rings. The third-order valence-electron chi connectivity index (χ3n) is 8.76. The molecule has 1 amide bonds. The van der Waals surface area contributed by atoms with Crippen molar-refractivity contribution in [3.63, 3.8) is 0 Å². The van der Waals surface area contributed by atoms with Crippen LogP contribution in [-0.4, -0.2) is 82.5 Å². The number of hydrogen-bond acceptors (Lipinski definition) is 4. The minimum Gasteiger partial charge on any atom is -0.480 e. The summed E-state index contributed by atoms with van der Waals surface area (Å²) in [6.45, 7) is 9.01. The van der Waals surface area contributed by atoms with Crippen LogP contribution < -0.4 is 0 Å². The normalized spacial score (nSPS) is 23.7. The van der Waals surface area contributed by atoms with E-state index in [1.54, 1.807) is 4.90 Å². The first-order chi connectivity index (χ1) is 18.5. The van der Waals surface area contributed by atoms with Crippen molar-refractivity contribution in [2.45, 2.75) is 63.5 Å². The zero-order valence-corrected chi connectivity index (χ0v) is 23.1. The number of carbonyl (C=O) groups excluding carboxylic acids is 1. The maximum Gasteiger partial charge on any atom is 0.321 e. The summed E-state index contributed by atoms with van der Waals surface area (Å²) in [7, 11) is 0. The van der Waals surface area contributed by atoms with E-state index in [2.05, 4.69) is 37.8 Å². The summed E-state index contributed by atoms with van der Waals surface area (Å²) in [5.74, 6) is -2.31. The predicted octanol–water partition coefficient (Wildman–Crippen LogP) is 4.50. The van der Waals surface area contributed by atoms with E-state index in [4.69, 9.17) is 0 Å².